The van der Waals surface area contributed by atoms with Crippen molar-refractivity contribution in [2.24, 2.45) is 0 Å². The second-order valence-electron chi connectivity index (χ2n) is 7.74. The summed E-state index contributed by atoms with van der Waals surface area (Å²) in [6.45, 7) is 2.13. The predicted molar refractivity (Wildman–Crippen MR) is 132 cm³/mol. The van der Waals surface area contributed by atoms with E-state index in [2.05, 4.69) is 4.98 Å². The molecule has 2 heterocycles. The van der Waals surface area contributed by atoms with Crippen LogP contribution in [0.5, 0.6) is 0 Å². The van der Waals surface area contributed by atoms with Crippen LogP contribution in [0.15, 0.2) is 72.4 Å². The summed E-state index contributed by atoms with van der Waals surface area (Å²) in [5, 5.41) is 11.6. The number of Topliss-reactive ketones (excluding diaryl/α,β-unsaturated/α-hetero) is 1. The molecule has 1 amide bonds. The molecule has 3 aromatic rings. The van der Waals surface area contributed by atoms with Crippen molar-refractivity contribution < 1.29 is 24.2 Å². The first-order valence-electron chi connectivity index (χ1n) is 10.8. The molecule has 0 bridgehead atoms. The van der Waals surface area contributed by atoms with E-state index in [0.717, 1.165) is 0 Å². The molecule has 1 aromatic heterocycles. The van der Waals surface area contributed by atoms with Crippen molar-refractivity contribution in [3.63, 3.8) is 0 Å². The fourth-order valence-corrected chi connectivity index (χ4v) is 4.07. The van der Waals surface area contributed by atoms with Gasteiger partial charge in [0.15, 0.2) is 0 Å². The number of carbonyl (C=O) groups excluding carboxylic acids is 3. The van der Waals surface area contributed by atoms with Gasteiger partial charge in [-0.1, -0.05) is 42.3 Å². The van der Waals surface area contributed by atoms with E-state index in [1.165, 1.54) is 35.4 Å². The SMILES string of the molecule is CCCOC(=O)c1cccc(N2C(=O)C(=O)/C(=C(/O)c3ccc(Cl)c(Cl)c3)C2c2ccccn2)c1. The minimum atomic E-state index is -1.05. The van der Waals surface area contributed by atoms with Gasteiger partial charge in [-0.15, -0.1) is 0 Å². The maximum absolute atomic E-state index is 13.2. The van der Waals surface area contributed by atoms with Gasteiger partial charge in [0.1, 0.15) is 11.8 Å². The standard InChI is InChI=1S/C26H20Cl2N2O5/c1-2-12-35-26(34)16-6-5-7-17(13-16)30-22(20-8-3-4-11-29-20)21(24(32)25(30)33)23(31)15-9-10-18(27)19(28)14-15/h3-11,13-14,22,31H,2,12H2,1H3/b23-21+. The highest BCUT2D eigenvalue weighted by molar-refractivity contribution is 6.51. The Kier molecular flexibility index (Phi) is 7.19. The van der Waals surface area contributed by atoms with Gasteiger partial charge in [-0.05, 0) is 55.0 Å². The van der Waals surface area contributed by atoms with Crippen molar-refractivity contribution in [1.82, 2.24) is 4.98 Å². The number of hydrogen-bond donors (Lipinski definition) is 1. The van der Waals surface area contributed by atoms with E-state index in [1.54, 1.807) is 36.4 Å². The quantitative estimate of drug-likeness (QED) is 0.201. The number of benzene rings is 2. The molecule has 1 aliphatic rings. The van der Waals surface area contributed by atoms with E-state index < -0.39 is 29.5 Å². The number of hydrogen-bond acceptors (Lipinski definition) is 6. The lowest BCUT2D eigenvalue weighted by atomic mass is 9.98. The molecular weight excluding hydrogens is 491 g/mol. The van der Waals surface area contributed by atoms with Crippen LogP contribution in [-0.4, -0.2) is 34.4 Å². The van der Waals surface area contributed by atoms with Gasteiger partial charge in [0.05, 0.1) is 33.5 Å². The largest absolute Gasteiger partial charge is 0.507 e. The summed E-state index contributed by atoms with van der Waals surface area (Å²) in [6, 6.07) is 14.6. The molecule has 9 heteroatoms. The van der Waals surface area contributed by atoms with E-state index in [-0.39, 0.29) is 39.0 Å². The molecule has 0 aliphatic carbocycles. The smallest absolute Gasteiger partial charge is 0.338 e. The Labute approximate surface area is 211 Å². The number of aromatic nitrogens is 1. The molecule has 0 radical (unpaired) electrons. The Morgan fingerprint density at radius 3 is 2.51 bits per heavy atom. The summed E-state index contributed by atoms with van der Waals surface area (Å²) in [4.78, 5) is 44.4. The third kappa shape index (κ3) is 4.78. The number of anilines is 1. The Bertz CT molecular complexity index is 1340. The second-order valence-corrected chi connectivity index (χ2v) is 8.55. The molecule has 35 heavy (non-hydrogen) atoms. The number of pyridine rings is 1. The van der Waals surface area contributed by atoms with Crippen LogP contribution >= 0.6 is 23.2 Å². The summed E-state index contributed by atoms with van der Waals surface area (Å²) in [5.41, 5.74) is 0.914. The van der Waals surface area contributed by atoms with E-state index >= 15 is 0 Å². The van der Waals surface area contributed by atoms with Crippen molar-refractivity contribution in [1.29, 1.82) is 0 Å². The van der Waals surface area contributed by atoms with Gasteiger partial charge in [0.2, 0.25) is 0 Å². The van der Waals surface area contributed by atoms with Crippen molar-refractivity contribution >= 4 is 52.3 Å². The monoisotopic (exact) mass is 510 g/mol. The maximum Gasteiger partial charge on any atom is 0.338 e. The lowest BCUT2D eigenvalue weighted by Gasteiger charge is -2.25. The van der Waals surface area contributed by atoms with E-state index in [9.17, 15) is 19.5 Å². The molecule has 1 N–H and O–H groups in total. The minimum Gasteiger partial charge on any atom is -0.507 e. The first-order valence-corrected chi connectivity index (χ1v) is 11.5. The van der Waals surface area contributed by atoms with Gasteiger partial charge in [-0.25, -0.2) is 4.79 Å². The number of ether oxygens (including phenoxy) is 1. The van der Waals surface area contributed by atoms with Crippen molar-refractivity contribution in [2.45, 2.75) is 19.4 Å². The molecule has 1 aliphatic heterocycles. The lowest BCUT2D eigenvalue weighted by molar-refractivity contribution is -0.132. The average molecular weight is 511 g/mol. The highest BCUT2D eigenvalue weighted by Crippen LogP contribution is 2.42. The van der Waals surface area contributed by atoms with Gasteiger partial charge >= 0.3 is 5.97 Å². The molecule has 0 saturated carbocycles. The number of halogens is 2. The van der Waals surface area contributed by atoms with E-state index in [0.29, 0.717) is 12.1 Å². The summed E-state index contributed by atoms with van der Waals surface area (Å²) < 4.78 is 5.20. The fraction of sp³-hybridized carbons (Fsp3) is 0.154. The topological polar surface area (TPSA) is 96.8 Å². The third-order valence-electron chi connectivity index (χ3n) is 5.40. The molecule has 7 nitrogen and oxygen atoms in total. The van der Waals surface area contributed by atoms with Gasteiger partial charge in [-0.3, -0.25) is 19.5 Å². The van der Waals surface area contributed by atoms with Crippen molar-refractivity contribution in [3.8, 4) is 0 Å². The van der Waals surface area contributed by atoms with Gasteiger partial charge in [0, 0.05) is 17.4 Å². The van der Waals surface area contributed by atoms with Crippen LogP contribution in [0.3, 0.4) is 0 Å². The molecular formula is C26H20Cl2N2O5. The number of amides is 1. The van der Waals surface area contributed by atoms with E-state index in [1.807, 2.05) is 6.92 Å². The first kappa shape index (κ1) is 24.4. The van der Waals surface area contributed by atoms with Crippen molar-refractivity contribution in [2.75, 3.05) is 11.5 Å². The predicted octanol–water partition coefficient (Wildman–Crippen LogP) is 5.58. The normalized spacial score (nSPS) is 17.0. The van der Waals surface area contributed by atoms with Crippen LogP contribution in [0.25, 0.3) is 5.76 Å². The third-order valence-corrected chi connectivity index (χ3v) is 6.14. The fourth-order valence-electron chi connectivity index (χ4n) is 3.78. The number of esters is 1. The van der Waals surface area contributed by atoms with Crippen LogP contribution in [-0.2, 0) is 14.3 Å². The number of carbonyl (C=O) groups is 3. The summed E-state index contributed by atoms with van der Waals surface area (Å²) in [5.74, 6) is -2.74. The summed E-state index contributed by atoms with van der Waals surface area (Å²) in [6.07, 6.45) is 2.18. The zero-order valence-corrected chi connectivity index (χ0v) is 20.1. The molecule has 1 atom stereocenters. The van der Waals surface area contributed by atoms with Crippen LogP contribution in [0, 0.1) is 0 Å². The first-order chi connectivity index (χ1) is 16.8. The molecule has 178 valence electrons. The average Bonchev–Trinajstić information content (AvgIpc) is 3.14. The molecule has 4 rings (SSSR count). The maximum atomic E-state index is 13.2. The zero-order valence-electron chi connectivity index (χ0n) is 18.6. The van der Waals surface area contributed by atoms with Crippen LogP contribution in [0.2, 0.25) is 10.0 Å². The Hall–Kier alpha value is -3.68. The molecule has 1 saturated heterocycles. The molecule has 1 fully saturated rings. The van der Waals surface area contributed by atoms with Gasteiger partial charge in [0.25, 0.3) is 11.7 Å². The number of aliphatic hydroxyl groups excluding tert-OH is 1. The van der Waals surface area contributed by atoms with Crippen LogP contribution in [0.4, 0.5) is 5.69 Å². The molecule has 0 spiro atoms. The van der Waals surface area contributed by atoms with E-state index in [4.69, 9.17) is 27.9 Å². The Morgan fingerprint density at radius 1 is 1.03 bits per heavy atom. The summed E-state index contributed by atoms with van der Waals surface area (Å²) in [7, 11) is 0. The van der Waals surface area contributed by atoms with Crippen molar-refractivity contribution in [3.05, 3.63) is 99.3 Å². The van der Waals surface area contributed by atoms with Crippen LogP contribution < -0.4 is 4.90 Å². The van der Waals surface area contributed by atoms with Gasteiger partial charge < -0.3 is 9.84 Å². The van der Waals surface area contributed by atoms with Crippen LogP contribution in [0.1, 0.15) is 41.0 Å². The Morgan fingerprint density at radius 2 is 1.83 bits per heavy atom. The Balaban J connectivity index is 1.87. The minimum absolute atomic E-state index is 0.161. The summed E-state index contributed by atoms with van der Waals surface area (Å²) >= 11 is 12.1. The highest BCUT2D eigenvalue weighted by Gasteiger charge is 2.47. The van der Waals surface area contributed by atoms with Gasteiger partial charge in [-0.2, -0.15) is 0 Å². The zero-order chi connectivity index (χ0) is 25.1. The second kappa shape index (κ2) is 10.3. The number of nitrogens with zero attached hydrogens (tertiary/aromatic N) is 2. The molecule has 1 unspecified atom stereocenters. The molecule has 2 aromatic carbocycles. The number of aliphatic hydroxyl groups is 1. The lowest BCUT2D eigenvalue weighted by Crippen LogP contribution is -2.30. The number of ketones is 1. The highest BCUT2D eigenvalue weighted by atomic mass is 35.5. The number of rotatable bonds is 6.